The Balaban J connectivity index is 2.44. The Morgan fingerprint density at radius 1 is 0.750 bits per heavy atom. The molecular weight excluding hydrogens is 196 g/mol. The van der Waals surface area contributed by atoms with Gasteiger partial charge in [-0.15, -0.1) is 0 Å². The van der Waals surface area contributed by atoms with E-state index in [1.807, 2.05) is 62.4 Å². The van der Waals surface area contributed by atoms with Crippen LogP contribution in [0.25, 0.3) is 0 Å². The minimum absolute atomic E-state index is 0.526. The molecule has 0 saturated heterocycles. The molecule has 0 radical (unpaired) electrons. The number of hydrogen-bond donors (Lipinski definition) is 1. The van der Waals surface area contributed by atoms with Crippen LogP contribution in [0.4, 0.5) is 0 Å². The molecule has 0 saturated carbocycles. The van der Waals surface area contributed by atoms with E-state index in [0.29, 0.717) is 0 Å². The zero-order chi connectivity index (χ0) is 11.5. The van der Waals surface area contributed by atoms with Crippen molar-refractivity contribution in [3.63, 3.8) is 0 Å². The van der Waals surface area contributed by atoms with Crippen LogP contribution >= 0.6 is 0 Å². The molecule has 0 fully saturated rings. The van der Waals surface area contributed by atoms with E-state index in [0.717, 1.165) is 22.3 Å². The molecule has 0 spiro atoms. The van der Waals surface area contributed by atoms with Crippen molar-refractivity contribution < 1.29 is 5.11 Å². The van der Waals surface area contributed by atoms with Gasteiger partial charge >= 0.3 is 0 Å². The van der Waals surface area contributed by atoms with Gasteiger partial charge in [0.15, 0.2) is 0 Å². The Kier molecular flexibility index (Phi) is 3.07. The molecule has 0 bridgehead atoms. The average molecular weight is 212 g/mol. The number of aliphatic hydroxyl groups is 1. The van der Waals surface area contributed by atoms with Crippen molar-refractivity contribution in [3.05, 3.63) is 70.8 Å². The van der Waals surface area contributed by atoms with Crippen molar-refractivity contribution >= 4 is 0 Å². The summed E-state index contributed by atoms with van der Waals surface area (Å²) >= 11 is 0. The lowest BCUT2D eigenvalue weighted by Gasteiger charge is -2.16. The Morgan fingerprint density at radius 3 is 1.50 bits per heavy atom. The molecule has 1 nitrogen and oxygen atoms in total. The van der Waals surface area contributed by atoms with Crippen LogP contribution in [0, 0.1) is 13.8 Å². The Hall–Kier alpha value is -1.60. The molecule has 0 aliphatic heterocycles. The normalized spacial score (nSPS) is 10.8. The maximum atomic E-state index is 10.4. The summed E-state index contributed by atoms with van der Waals surface area (Å²) in [5.74, 6) is 0. The summed E-state index contributed by atoms with van der Waals surface area (Å²) in [5, 5.41) is 10.4. The van der Waals surface area contributed by atoms with Crippen molar-refractivity contribution in [2.75, 3.05) is 0 Å². The number of rotatable bonds is 2. The minimum atomic E-state index is -0.526. The molecule has 0 aliphatic rings. The molecule has 82 valence electrons. The summed E-state index contributed by atoms with van der Waals surface area (Å²) in [5.41, 5.74) is 4.21. The highest BCUT2D eigenvalue weighted by molar-refractivity contribution is 5.38. The summed E-state index contributed by atoms with van der Waals surface area (Å²) in [4.78, 5) is 0. The maximum absolute atomic E-state index is 10.4. The maximum Gasteiger partial charge on any atom is 0.105 e. The summed E-state index contributed by atoms with van der Waals surface area (Å²) in [6.07, 6.45) is -0.526. The highest BCUT2D eigenvalue weighted by Crippen LogP contribution is 2.26. The molecule has 1 N–H and O–H groups in total. The van der Waals surface area contributed by atoms with E-state index in [1.165, 1.54) is 0 Å². The van der Waals surface area contributed by atoms with Gasteiger partial charge in [-0.25, -0.2) is 0 Å². The van der Waals surface area contributed by atoms with Crippen LogP contribution in [0.3, 0.4) is 0 Å². The van der Waals surface area contributed by atoms with Crippen LogP contribution in [0.2, 0.25) is 0 Å². The van der Waals surface area contributed by atoms with Gasteiger partial charge in [0.2, 0.25) is 0 Å². The Morgan fingerprint density at radius 2 is 1.12 bits per heavy atom. The summed E-state index contributed by atoms with van der Waals surface area (Å²) in [6.45, 7) is 4.05. The van der Waals surface area contributed by atoms with E-state index >= 15 is 0 Å². The van der Waals surface area contributed by atoms with Gasteiger partial charge in [-0.1, -0.05) is 48.5 Å². The fourth-order valence-corrected chi connectivity index (χ4v) is 1.95. The molecule has 0 aromatic heterocycles. The van der Waals surface area contributed by atoms with E-state index < -0.39 is 6.10 Å². The molecule has 1 heteroatoms. The van der Waals surface area contributed by atoms with E-state index in [2.05, 4.69) is 0 Å². The first-order valence-corrected chi connectivity index (χ1v) is 5.49. The number of benzene rings is 2. The summed E-state index contributed by atoms with van der Waals surface area (Å²) in [7, 11) is 0. The van der Waals surface area contributed by atoms with E-state index in [1.54, 1.807) is 0 Å². The van der Waals surface area contributed by atoms with E-state index in [-0.39, 0.29) is 0 Å². The van der Waals surface area contributed by atoms with Gasteiger partial charge in [0.25, 0.3) is 0 Å². The molecule has 0 unspecified atom stereocenters. The monoisotopic (exact) mass is 212 g/mol. The van der Waals surface area contributed by atoms with Crippen LogP contribution in [-0.4, -0.2) is 5.11 Å². The van der Waals surface area contributed by atoms with Gasteiger partial charge < -0.3 is 5.11 Å². The Labute approximate surface area is 96.4 Å². The highest BCUT2D eigenvalue weighted by atomic mass is 16.3. The standard InChI is InChI=1S/C15H16O/c1-11-7-3-5-9-13(11)15(16)14-10-6-4-8-12(14)2/h3-10,15-16H,1-2H3. The lowest BCUT2D eigenvalue weighted by molar-refractivity contribution is 0.219. The predicted octanol–water partition coefficient (Wildman–Crippen LogP) is 3.39. The number of hydrogen-bond acceptors (Lipinski definition) is 1. The van der Waals surface area contributed by atoms with Gasteiger partial charge in [-0.2, -0.15) is 0 Å². The third-order valence-corrected chi connectivity index (χ3v) is 2.97. The fraction of sp³-hybridized carbons (Fsp3) is 0.200. The first kappa shape index (κ1) is 10.9. The lowest BCUT2D eigenvalue weighted by atomic mass is 9.95. The predicted molar refractivity (Wildman–Crippen MR) is 66.4 cm³/mol. The van der Waals surface area contributed by atoms with Gasteiger partial charge in [0, 0.05) is 0 Å². The van der Waals surface area contributed by atoms with Gasteiger partial charge in [0.05, 0.1) is 0 Å². The van der Waals surface area contributed by atoms with Crippen molar-refractivity contribution in [2.45, 2.75) is 20.0 Å². The third kappa shape index (κ3) is 2.00. The molecule has 0 heterocycles. The second kappa shape index (κ2) is 4.50. The lowest BCUT2D eigenvalue weighted by Crippen LogP contribution is -2.03. The van der Waals surface area contributed by atoms with Crippen LogP contribution in [-0.2, 0) is 0 Å². The van der Waals surface area contributed by atoms with E-state index in [9.17, 15) is 5.11 Å². The zero-order valence-corrected chi connectivity index (χ0v) is 9.64. The minimum Gasteiger partial charge on any atom is -0.384 e. The van der Waals surface area contributed by atoms with Crippen molar-refractivity contribution in [1.29, 1.82) is 0 Å². The number of aryl methyl sites for hydroxylation is 2. The molecule has 2 aromatic carbocycles. The molecule has 0 atom stereocenters. The SMILES string of the molecule is Cc1ccccc1C(O)c1ccccc1C. The topological polar surface area (TPSA) is 20.2 Å². The van der Waals surface area contributed by atoms with Crippen molar-refractivity contribution in [2.24, 2.45) is 0 Å². The van der Waals surface area contributed by atoms with Crippen LogP contribution in [0.15, 0.2) is 48.5 Å². The van der Waals surface area contributed by atoms with Crippen LogP contribution in [0.1, 0.15) is 28.4 Å². The third-order valence-electron chi connectivity index (χ3n) is 2.97. The second-order valence-corrected chi connectivity index (χ2v) is 4.12. The first-order valence-electron chi connectivity index (χ1n) is 5.49. The largest absolute Gasteiger partial charge is 0.384 e. The van der Waals surface area contributed by atoms with Gasteiger partial charge in [0.1, 0.15) is 6.10 Å². The second-order valence-electron chi connectivity index (χ2n) is 4.12. The molecule has 16 heavy (non-hydrogen) atoms. The quantitative estimate of drug-likeness (QED) is 0.809. The van der Waals surface area contributed by atoms with Gasteiger partial charge in [-0.3, -0.25) is 0 Å². The Bertz CT molecular complexity index is 443. The highest BCUT2D eigenvalue weighted by Gasteiger charge is 2.13. The van der Waals surface area contributed by atoms with Crippen LogP contribution in [0.5, 0.6) is 0 Å². The van der Waals surface area contributed by atoms with Crippen molar-refractivity contribution in [1.82, 2.24) is 0 Å². The molecular formula is C15H16O. The molecule has 2 aromatic rings. The number of aliphatic hydroxyl groups excluding tert-OH is 1. The molecule has 2 rings (SSSR count). The first-order chi connectivity index (χ1) is 7.70. The average Bonchev–Trinajstić information content (AvgIpc) is 2.29. The smallest absolute Gasteiger partial charge is 0.105 e. The van der Waals surface area contributed by atoms with Gasteiger partial charge in [-0.05, 0) is 36.1 Å². The zero-order valence-electron chi connectivity index (χ0n) is 9.64. The van der Waals surface area contributed by atoms with Crippen LogP contribution < -0.4 is 0 Å². The summed E-state index contributed by atoms with van der Waals surface area (Å²) < 4.78 is 0. The molecule has 0 amide bonds. The fourth-order valence-electron chi connectivity index (χ4n) is 1.95. The summed E-state index contributed by atoms with van der Waals surface area (Å²) in [6, 6.07) is 15.9. The van der Waals surface area contributed by atoms with E-state index in [4.69, 9.17) is 0 Å². The molecule has 0 aliphatic carbocycles. The van der Waals surface area contributed by atoms with Crippen molar-refractivity contribution in [3.8, 4) is 0 Å².